The molecule has 0 aliphatic carbocycles. The molecule has 1 saturated heterocycles. The summed E-state index contributed by atoms with van der Waals surface area (Å²) in [5.41, 5.74) is 0.358. The van der Waals surface area contributed by atoms with Crippen molar-refractivity contribution in [2.24, 2.45) is 17.8 Å². The van der Waals surface area contributed by atoms with Crippen LogP contribution in [0.4, 0.5) is 0 Å². The molecule has 1 aromatic carbocycles. The van der Waals surface area contributed by atoms with E-state index in [1.807, 2.05) is 24.3 Å². The lowest BCUT2D eigenvalue weighted by Crippen LogP contribution is -2.57. The number of ether oxygens (including phenoxy) is 3. The Hall–Kier alpha value is -0.899. The quantitative estimate of drug-likeness (QED) is 0.0849. The fourth-order valence-electron chi connectivity index (χ4n) is 5.39. The normalized spacial score (nSPS) is 22.4. The van der Waals surface area contributed by atoms with Gasteiger partial charge in [0.05, 0.1) is 44.6 Å². The summed E-state index contributed by atoms with van der Waals surface area (Å²) < 4.78 is 38.9. The Morgan fingerprint density at radius 3 is 1.74 bits per heavy atom. The maximum atomic E-state index is 12.8. The summed E-state index contributed by atoms with van der Waals surface area (Å²) in [6, 6.07) is 7.90. The van der Waals surface area contributed by atoms with Gasteiger partial charge >= 0.3 is 0 Å². The minimum Gasteiger partial charge on any atom is -0.497 e. The standard InChI is InChI=1S/C39H74O8Si3/c1-28(24-43-25-29-19-21-31(42-12)22-20-29)34-39(11,46-34)35(47-50(17,18)38(8,9)10)32(27-45-49(15,16)37(5,6)7)33(41)30(23-40)26-44-48(13,14)36(2,3)4/h19-23,28,30,32-35,41H,24-27H2,1-18H3/t28-,30+,32-,33-,34+,35-,39?/m0/s1. The zero-order chi connectivity index (χ0) is 38.7. The first-order valence-corrected chi connectivity index (χ1v) is 27.2. The van der Waals surface area contributed by atoms with Gasteiger partial charge in [-0.15, -0.1) is 0 Å². The number of benzene rings is 1. The van der Waals surface area contributed by atoms with E-state index in [0.717, 1.165) is 17.6 Å². The van der Waals surface area contributed by atoms with Gasteiger partial charge in [0.2, 0.25) is 0 Å². The number of hydrogen-bond donors (Lipinski definition) is 1. The molecule has 7 atom stereocenters. The molecular formula is C39H74O8Si3. The number of rotatable bonds is 19. The number of carbonyl (C=O) groups excluding carboxylic acids is 1. The van der Waals surface area contributed by atoms with Gasteiger partial charge in [0.25, 0.3) is 0 Å². The van der Waals surface area contributed by atoms with Crippen molar-refractivity contribution in [3.8, 4) is 5.75 Å². The molecule has 1 unspecified atom stereocenters. The fourth-order valence-corrected chi connectivity index (χ4v) is 8.87. The molecule has 0 amide bonds. The van der Waals surface area contributed by atoms with Gasteiger partial charge in [0.1, 0.15) is 17.6 Å². The van der Waals surface area contributed by atoms with E-state index in [0.29, 0.717) is 13.2 Å². The topological polar surface area (TPSA) is 96.0 Å². The summed E-state index contributed by atoms with van der Waals surface area (Å²) in [5.74, 6) is -0.395. The second-order valence-corrected chi connectivity index (χ2v) is 33.8. The van der Waals surface area contributed by atoms with Crippen LogP contribution in [0.2, 0.25) is 54.4 Å². The predicted octanol–water partition coefficient (Wildman–Crippen LogP) is 9.23. The van der Waals surface area contributed by atoms with Crippen LogP contribution in [-0.4, -0.2) is 87.2 Å². The first-order chi connectivity index (χ1) is 22.5. The molecule has 1 aliphatic heterocycles. The van der Waals surface area contributed by atoms with Gasteiger partial charge in [-0.05, 0) is 79.0 Å². The van der Waals surface area contributed by atoms with Crippen molar-refractivity contribution in [2.75, 3.05) is 26.9 Å². The molecule has 0 saturated carbocycles. The highest BCUT2D eigenvalue weighted by atomic mass is 28.4. The van der Waals surface area contributed by atoms with Gasteiger partial charge in [-0.25, -0.2) is 0 Å². The van der Waals surface area contributed by atoms with Crippen molar-refractivity contribution in [3.05, 3.63) is 29.8 Å². The molecule has 1 aromatic rings. The Morgan fingerprint density at radius 1 is 0.820 bits per heavy atom. The van der Waals surface area contributed by atoms with Crippen LogP contribution in [0.5, 0.6) is 5.75 Å². The molecule has 1 heterocycles. The lowest BCUT2D eigenvalue weighted by atomic mass is 9.80. The van der Waals surface area contributed by atoms with E-state index in [9.17, 15) is 9.90 Å². The Bertz CT molecular complexity index is 1220. The van der Waals surface area contributed by atoms with Crippen LogP contribution >= 0.6 is 0 Å². The third-order valence-corrected chi connectivity index (χ3v) is 25.8. The lowest BCUT2D eigenvalue weighted by molar-refractivity contribution is -0.121. The molecule has 0 aromatic heterocycles. The molecule has 8 nitrogen and oxygen atoms in total. The largest absolute Gasteiger partial charge is 0.497 e. The summed E-state index contributed by atoms with van der Waals surface area (Å²) >= 11 is 0. The van der Waals surface area contributed by atoms with Crippen LogP contribution in [0.15, 0.2) is 24.3 Å². The van der Waals surface area contributed by atoms with E-state index < -0.39 is 54.6 Å². The highest BCUT2D eigenvalue weighted by Crippen LogP contribution is 2.51. The maximum absolute atomic E-state index is 12.8. The molecular weight excluding hydrogens is 681 g/mol. The summed E-state index contributed by atoms with van der Waals surface area (Å²) in [7, 11) is -5.18. The van der Waals surface area contributed by atoms with E-state index >= 15 is 0 Å². The summed E-state index contributed by atoms with van der Waals surface area (Å²) in [6.07, 6.45) is -0.870. The second kappa shape index (κ2) is 16.6. The van der Waals surface area contributed by atoms with E-state index in [4.69, 9.17) is 27.5 Å². The molecule has 1 fully saturated rings. The monoisotopic (exact) mass is 754 g/mol. The highest BCUT2D eigenvalue weighted by molar-refractivity contribution is 6.75. The molecule has 50 heavy (non-hydrogen) atoms. The van der Waals surface area contributed by atoms with E-state index in [1.54, 1.807) is 7.11 Å². The molecule has 0 radical (unpaired) electrons. The smallest absolute Gasteiger partial charge is 0.192 e. The molecule has 0 bridgehead atoms. The summed E-state index contributed by atoms with van der Waals surface area (Å²) in [4.78, 5) is 12.8. The number of methoxy groups -OCH3 is 1. The molecule has 290 valence electrons. The van der Waals surface area contributed by atoms with E-state index in [-0.39, 0.29) is 40.4 Å². The Labute approximate surface area is 309 Å². The average molecular weight is 755 g/mol. The Kier molecular flexibility index (Phi) is 15.1. The van der Waals surface area contributed by atoms with Crippen LogP contribution in [0.3, 0.4) is 0 Å². The van der Waals surface area contributed by atoms with Crippen LogP contribution in [-0.2, 0) is 34.2 Å². The van der Waals surface area contributed by atoms with Gasteiger partial charge in [-0.2, -0.15) is 0 Å². The minimum absolute atomic E-state index is 0.0294. The van der Waals surface area contributed by atoms with Gasteiger partial charge in [-0.3, -0.25) is 0 Å². The van der Waals surface area contributed by atoms with Crippen molar-refractivity contribution in [2.45, 2.75) is 161 Å². The van der Waals surface area contributed by atoms with Crippen LogP contribution in [0, 0.1) is 17.8 Å². The third-order valence-electron chi connectivity index (χ3n) is 12.3. The van der Waals surface area contributed by atoms with Crippen molar-refractivity contribution >= 4 is 31.2 Å². The number of carbonyl (C=O) groups is 1. The SMILES string of the molecule is COc1ccc(COC[C@H](C)[C@H]2OC2(C)[C@@H](O[Si](C)(C)C(C)(C)C)[C@@H](CO[Si](C)(C)C(C)(C)C)[C@@H](O)[C@H](C=O)CO[Si](C)(C)C(C)(C)C)cc1. The molecule has 1 aliphatic rings. The van der Waals surface area contributed by atoms with Crippen molar-refractivity contribution < 1.29 is 37.4 Å². The van der Waals surface area contributed by atoms with Crippen molar-refractivity contribution in [1.82, 2.24) is 0 Å². The molecule has 2 rings (SSSR count). The minimum atomic E-state index is -2.41. The zero-order valence-electron chi connectivity index (χ0n) is 35.0. The van der Waals surface area contributed by atoms with Crippen LogP contribution < -0.4 is 4.74 Å². The molecule has 1 N–H and O–H groups in total. The summed E-state index contributed by atoms with van der Waals surface area (Å²) in [5, 5.41) is 12.2. The Balaban J connectivity index is 2.49. The van der Waals surface area contributed by atoms with Crippen LogP contribution in [0.25, 0.3) is 0 Å². The third kappa shape index (κ3) is 11.3. The lowest BCUT2D eigenvalue weighted by Gasteiger charge is -2.46. The molecule has 0 spiro atoms. The van der Waals surface area contributed by atoms with E-state index in [1.165, 1.54) is 0 Å². The first kappa shape index (κ1) is 45.3. The second-order valence-electron chi connectivity index (χ2n) is 19.5. The fraction of sp³-hybridized carbons (Fsp3) is 0.821. The number of hydrogen-bond acceptors (Lipinski definition) is 8. The number of aliphatic hydroxyl groups is 1. The molecule has 11 heteroatoms. The van der Waals surface area contributed by atoms with Gasteiger partial charge < -0.3 is 37.4 Å². The van der Waals surface area contributed by atoms with Crippen LogP contribution in [0.1, 0.15) is 81.7 Å². The zero-order valence-corrected chi connectivity index (χ0v) is 38.0. The number of epoxide rings is 1. The first-order valence-electron chi connectivity index (χ1n) is 18.5. The van der Waals surface area contributed by atoms with Gasteiger partial charge in [0.15, 0.2) is 25.0 Å². The highest BCUT2D eigenvalue weighted by Gasteiger charge is 2.64. The van der Waals surface area contributed by atoms with Crippen molar-refractivity contribution in [1.29, 1.82) is 0 Å². The average Bonchev–Trinajstić information content (AvgIpc) is 3.67. The van der Waals surface area contributed by atoms with Gasteiger partial charge in [-0.1, -0.05) is 81.4 Å². The Morgan fingerprint density at radius 2 is 1.30 bits per heavy atom. The van der Waals surface area contributed by atoms with Gasteiger partial charge in [0, 0.05) is 25.0 Å². The predicted molar refractivity (Wildman–Crippen MR) is 213 cm³/mol. The number of aliphatic hydroxyl groups excluding tert-OH is 1. The van der Waals surface area contributed by atoms with Crippen molar-refractivity contribution in [3.63, 3.8) is 0 Å². The number of aldehydes is 1. The summed E-state index contributed by atoms with van der Waals surface area (Å²) in [6.45, 7) is 38.7. The maximum Gasteiger partial charge on any atom is 0.192 e. The van der Waals surface area contributed by atoms with E-state index in [2.05, 4.69) is 115 Å².